The van der Waals surface area contributed by atoms with E-state index in [2.05, 4.69) is 42.0 Å². The zero-order chi connectivity index (χ0) is 19.4. The monoisotopic (exact) mass is 366 g/mol. The van der Waals surface area contributed by atoms with Crippen molar-refractivity contribution in [3.05, 3.63) is 53.4 Å². The molecule has 0 fully saturated rings. The Bertz CT molecular complexity index is 1030. The Morgan fingerprint density at radius 3 is 2.93 bits per heavy atom. The molecule has 0 bridgehead atoms. The van der Waals surface area contributed by atoms with Gasteiger partial charge in [0.1, 0.15) is 11.4 Å². The van der Waals surface area contributed by atoms with Gasteiger partial charge in [0.25, 0.3) is 0 Å². The van der Waals surface area contributed by atoms with E-state index in [-0.39, 0.29) is 17.4 Å². The van der Waals surface area contributed by atoms with E-state index in [0.29, 0.717) is 29.1 Å². The van der Waals surface area contributed by atoms with Crippen molar-refractivity contribution >= 4 is 17.7 Å². The second-order valence-corrected chi connectivity index (χ2v) is 5.69. The fourth-order valence-electron chi connectivity index (χ4n) is 2.46. The van der Waals surface area contributed by atoms with Gasteiger partial charge in [0.2, 0.25) is 11.6 Å². The van der Waals surface area contributed by atoms with Crippen molar-refractivity contribution < 1.29 is 9.74 Å². The van der Waals surface area contributed by atoms with Gasteiger partial charge in [-0.1, -0.05) is 23.4 Å². The van der Waals surface area contributed by atoms with Crippen LogP contribution < -0.4 is 5.73 Å². The number of phenols is 1. The van der Waals surface area contributed by atoms with E-state index in [1.807, 2.05) is 12.1 Å². The second-order valence-electron chi connectivity index (χ2n) is 5.69. The fraction of sp³-hybridized carbons (Fsp3) is 0.176. The van der Waals surface area contributed by atoms with E-state index in [9.17, 15) is 5.11 Å². The highest BCUT2D eigenvalue weighted by Crippen LogP contribution is 2.21. The van der Waals surface area contributed by atoms with Crippen molar-refractivity contribution in [1.82, 2.24) is 25.3 Å². The van der Waals surface area contributed by atoms with Gasteiger partial charge in [-0.15, -0.1) is 11.7 Å². The number of para-hydroxylation sites is 1. The van der Waals surface area contributed by atoms with Gasteiger partial charge in [0.05, 0.1) is 17.6 Å². The molecular weight excluding hydrogens is 348 g/mol. The van der Waals surface area contributed by atoms with Gasteiger partial charge in [-0.25, -0.2) is 4.63 Å². The third-order valence-corrected chi connectivity index (χ3v) is 3.85. The first kappa shape index (κ1) is 18.0. The standard InChI is InChI=1S/C17H18N8O2/c1-4-6-12-7-5-8-13(15(12)26)9-19-20-10(2)14-11(3)25(24-21-14)17-16(18)22-27-23-17/h4-5,7-9,26H,1,6H2,2-3H3,(H2,18,22)/b19-9+,20-10+. The lowest BCUT2D eigenvalue weighted by Gasteiger charge is -2.03. The quantitative estimate of drug-likeness (QED) is 0.385. The summed E-state index contributed by atoms with van der Waals surface area (Å²) >= 11 is 0. The van der Waals surface area contributed by atoms with E-state index in [1.54, 1.807) is 26.0 Å². The SMILES string of the molecule is C=CCc1cccc(/C=N/N=C(\C)c2nnn(-c3nonc3N)c2C)c1O. The Morgan fingerprint density at radius 1 is 1.41 bits per heavy atom. The molecule has 2 aromatic heterocycles. The second kappa shape index (κ2) is 7.60. The number of nitrogens with zero attached hydrogens (tertiary/aromatic N) is 7. The first-order valence-corrected chi connectivity index (χ1v) is 8.03. The molecule has 3 aromatic rings. The van der Waals surface area contributed by atoms with Crippen molar-refractivity contribution in [2.75, 3.05) is 5.73 Å². The predicted molar refractivity (Wildman–Crippen MR) is 100 cm³/mol. The molecule has 0 saturated heterocycles. The molecule has 0 atom stereocenters. The number of aromatic hydroxyl groups is 1. The molecule has 2 heterocycles. The maximum absolute atomic E-state index is 10.2. The van der Waals surface area contributed by atoms with Crippen LogP contribution in [-0.2, 0) is 6.42 Å². The van der Waals surface area contributed by atoms with Crippen LogP contribution >= 0.6 is 0 Å². The maximum atomic E-state index is 10.2. The number of anilines is 1. The van der Waals surface area contributed by atoms with E-state index in [0.717, 1.165) is 5.56 Å². The first-order chi connectivity index (χ1) is 13.0. The highest BCUT2D eigenvalue weighted by atomic mass is 16.6. The highest BCUT2D eigenvalue weighted by molar-refractivity contribution is 5.98. The van der Waals surface area contributed by atoms with Crippen molar-refractivity contribution in [3.8, 4) is 11.6 Å². The largest absolute Gasteiger partial charge is 0.507 e. The molecule has 3 N–H and O–H groups in total. The van der Waals surface area contributed by atoms with Crippen LogP contribution in [0.1, 0.15) is 29.4 Å². The summed E-state index contributed by atoms with van der Waals surface area (Å²) < 4.78 is 5.99. The fourth-order valence-corrected chi connectivity index (χ4v) is 2.46. The summed E-state index contributed by atoms with van der Waals surface area (Å²) in [7, 11) is 0. The summed E-state index contributed by atoms with van der Waals surface area (Å²) in [5, 5.41) is 33.7. The van der Waals surface area contributed by atoms with Crippen LogP contribution in [0, 0.1) is 6.92 Å². The molecule has 0 spiro atoms. The number of aromatic nitrogens is 5. The Hall–Kier alpha value is -3.82. The zero-order valence-corrected chi connectivity index (χ0v) is 14.9. The summed E-state index contributed by atoms with van der Waals surface area (Å²) in [5.74, 6) is 0.522. The molecule has 0 amide bonds. The minimum atomic E-state index is 0.108. The van der Waals surface area contributed by atoms with Crippen molar-refractivity contribution in [2.45, 2.75) is 20.3 Å². The Kier molecular flexibility index (Phi) is 5.06. The zero-order valence-electron chi connectivity index (χ0n) is 14.9. The molecule has 0 saturated carbocycles. The molecule has 0 aliphatic heterocycles. The number of rotatable bonds is 6. The number of hydrogen-bond donors (Lipinski definition) is 2. The van der Waals surface area contributed by atoms with Crippen LogP contribution in [0.25, 0.3) is 5.82 Å². The van der Waals surface area contributed by atoms with Crippen LogP contribution in [0.2, 0.25) is 0 Å². The van der Waals surface area contributed by atoms with Gasteiger partial charge in [-0.2, -0.15) is 14.9 Å². The van der Waals surface area contributed by atoms with Gasteiger partial charge in [-0.3, -0.25) is 0 Å². The van der Waals surface area contributed by atoms with Crippen molar-refractivity contribution in [2.24, 2.45) is 10.2 Å². The van der Waals surface area contributed by atoms with Gasteiger partial charge < -0.3 is 10.8 Å². The lowest BCUT2D eigenvalue weighted by molar-refractivity contribution is 0.306. The number of phenolic OH excluding ortho intramolecular Hbond substituents is 1. The van der Waals surface area contributed by atoms with E-state index in [1.165, 1.54) is 10.9 Å². The molecule has 0 aliphatic carbocycles. The van der Waals surface area contributed by atoms with Crippen LogP contribution in [-0.4, -0.2) is 42.3 Å². The number of hydrogen-bond acceptors (Lipinski definition) is 9. The van der Waals surface area contributed by atoms with Gasteiger partial charge in [0, 0.05) is 5.56 Å². The molecule has 0 radical (unpaired) electrons. The van der Waals surface area contributed by atoms with Crippen molar-refractivity contribution in [1.29, 1.82) is 0 Å². The molecule has 27 heavy (non-hydrogen) atoms. The highest BCUT2D eigenvalue weighted by Gasteiger charge is 2.17. The Morgan fingerprint density at radius 2 is 2.22 bits per heavy atom. The molecular formula is C17H18N8O2. The van der Waals surface area contributed by atoms with Crippen molar-refractivity contribution in [3.63, 3.8) is 0 Å². The molecule has 1 aromatic carbocycles. The average Bonchev–Trinajstić information content (AvgIpc) is 3.23. The smallest absolute Gasteiger partial charge is 0.243 e. The molecule has 10 heteroatoms. The lowest BCUT2D eigenvalue weighted by atomic mass is 10.1. The number of nitrogens with two attached hydrogens (primary N) is 1. The first-order valence-electron chi connectivity index (χ1n) is 8.03. The van der Waals surface area contributed by atoms with Crippen LogP contribution in [0.5, 0.6) is 5.75 Å². The van der Waals surface area contributed by atoms with E-state index >= 15 is 0 Å². The predicted octanol–water partition coefficient (Wildman–Crippen LogP) is 1.82. The molecule has 0 aliphatic rings. The third kappa shape index (κ3) is 3.59. The normalized spacial score (nSPS) is 12.0. The minimum absolute atomic E-state index is 0.108. The van der Waals surface area contributed by atoms with Gasteiger partial charge in [-0.05, 0) is 42.2 Å². The lowest BCUT2D eigenvalue weighted by Crippen LogP contribution is -2.04. The topological polar surface area (TPSA) is 141 Å². The molecule has 0 unspecified atom stereocenters. The van der Waals surface area contributed by atoms with Crippen LogP contribution in [0.15, 0.2) is 45.7 Å². The Labute approximate surface area is 154 Å². The Balaban J connectivity index is 1.84. The van der Waals surface area contributed by atoms with Gasteiger partial charge >= 0.3 is 0 Å². The third-order valence-electron chi connectivity index (χ3n) is 3.85. The molecule has 10 nitrogen and oxygen atoms in total. The molecule has 138 valence electrons. The summed E-state index contributed by atoms with van der Waals surface area (Å²) in [4.78, 5) is 0. The summed E-state index contributed by atoms with van der Waals surface area (Å²) in [5.41, 5.74) is 8.73. The summed E-state index contributed by atoms with van der Waals surface area (Å²) in [6.45, 7) is 7.21. The van der Waals surface area contributed by atoms with Gasteiger partial charge in [0.15, 0.2) is 0 Å². The average molecular weight is 366 g/mol. The summed E-state index contributed by atoms with van der Waals surface area (Å²) in [6.07, 6.45) is 3.77. The number of benzene rings is 1. The number of allylic oxidation sites excluding steroid dienone is 1. The minimum Gasteiger partial charge on any atom is -0.507 e. The summed E-state index contributed by atoms with van der Waals surface area (Å²) in [6, 6.07) is 5.41. The van der Waals surface area contributed by atoms with Crippen LogP contribution in [0.4, 0.5) is 5.82 Å². The van der Waals surface area contributed by atoms with Crippen LogP contribution in [0.3, 0.4) is 0 Å². The maximum Gasteiger partial charge on any atom is 0.243 e. The number of nitrogen functional groups attached to an aromatic ring is 1. The van der Waals surface area contributed by atoms with E-state index < -0.39 is 0 Å². The molecule has 3 rings (SSSR count). The van der Waals surface area contributed by atoms with E-state index in [4.69, 9.17) is 5.73 Å².